The lowest BCUT2D eigenvalue weighted by molar-refractivity contribution is 0.392. The van der Waals surface area contributed by atoms with E-state index < -0.39 is 0 Å². The first-order chi connectivity index (χ1) is 15.1. The van der Waals surface area contributed by atoms with Gasteiger partial charge >= 0.3 is 0 Å². The fraction of sp³-hybridized carbons (Fsp3) is 0.348. The second-order valence-electron chi connectivity index (χ2n) is 7.72. The third-order valence-electron chi connectivity index (χ3n) is 5.82. The lowest BCUT2D eigenvalue weighted by Crippen LogP contribution is -2.22. The zero-order valence-electron chi connectivity index (χ0n) is 17.7. The van der Waals surface area contributed by atoms with Crippen molar-refractivity contribution in [2.75, 3.05) is 7.11 Å². The quantitative estimate of drug-likeness (QED) is 0.304. The molecule has 0 fully saturated rings. The molecule has 0 radical (unpaired) electrons. The highest BCUT2D eigenvalue weighted by Crippen LogP contribution is 2.36. The fourth-order valence-electron chi connectivity index (χ4n) is 4.09. The number of fused-ring (bicyclic) bond motifs is 3. The average Bonchev–Trinajstić information content (AvgIpc) is 3.31. The van der Waals surface area contributed by atoms with Crippen molar-refractivity contribution in [3.8, 4) is 11.4 Å². The van der Waals surface area contributed by atoms with Gasteiger partial charge in [-0.05, 0) is 69.4 Å². The smallest absolute Gasteiger partial charge is 0.267 e. The molecule has 8 heteroatoms. The van der Waals surface area contributed by atoms with Gasteiger partial charge in [-0.25, -0.2) is 4.98 Å². The molecule has 0 spiro atoms. The van der Waals surface area contributed by atoms with Crippen LogP contribution in [0.1, 0.15) is 40.3 Å². The Morgan fingerprint density at radius 2 is 1.97 bits per heavy atom. The second kappa shape index (κ2) is 8.16. The van der Waals surface area contributed by atoms with Crippen LogP contribution in [-0.4, -0.2) is 21.8 Å². The molecule has 5 rings (SSSR count). The molecule has 0 bridgehead atoms. The van der Waals surface area contributed by atoms with E-state index in [2.05, 4.69) is 5.16 Å². The summed E-state index contributed by atoms with van der Waals surface area (Å²) >= 11 is 3.22. The summed E-state index contributed by atoms with van der Waals surface area (Å²) in [4.78, 5) is 20.9. The largest absolute Gasteiger partial charge is 0.497 e. The number of rotatable bonds is 5. The Morgan fingerprint density at radius 3 is 2.68 bits per heavy atom. The maximum absolute atomic E-state index is 13.8. The predicted octanol–water partition coefficient (Wildman–Crippen LogP) is 5.23. The van der Waals surface area contributed by atoms with Crippen LogP contribution in [0.25, 0.3) is 15.9 Å². The number of aryl methyl sites for hydroxylation is 4. The number of aromatic nitrogens is 3. The Morgan fingerprint density at radius 1 is 1.19 bits per heavy atom. The van der Waals surface area contributed by atoms with Gasteiger partial charge in [-0.3, -0.25) is 9.36 Å². The van der Waals surface area contributed by atoms with Crippen molar-refractivity contribution in [3.05, 3.63) is 62.1 Å². The molecule has 3 heterocycles. The molecule has 0 unspecified atom stereocenters. The summed E-state index contributed by atoms with van der Waals surface area (Å²) in [6.45, 7) is 3.85. The van der Waals surface area contributed by atoms with Crippen molar-refractivity contribution in [1.82, 2.24) is 14.7 Å². The maximum atomic E-state index is 13.8. The molecule has 3 aromatic heterocycles. The van der Waals surface area contributed by atoms with Crippen LogP contribution in [0.5, 0.6) is 5.75 Å². The van der Waals surface area contributed by atoms with E-state index in [0.717, 1.165) is 57.9 Å². The lowest BCUT2D eigenvalue weighted by Gasteiger charge is -2.14. The van der Waals surface area contributed by atoms with Crippen LogP contribution in [0.4, 0.5) is 0 Å². The predicted molar refractivity (Wildman–Crippen MR) is 124 cm³/mol. The Balaban J connectivity index is 1.67. The van der Waals surface area contributed by atoms with Gasteiger partial charge in [0.1, 0.15) is 16.3 Å². The van der Waals surface area contributed by atoms with Crippen LogP contribution in [0, 0.1) is 13.8 Å². The van der Waals surface area contributed by atoms with Crippen LogP contribution < -0.4 is 10.3 Å². The summed E-state index contributed by atoms with van der Waals surface area (Å²) in [6, 6.07) is 7.56. The van der Waals surface area contributed by atoms with Gasteiger partial charge in [0, 0.05) is 16.2 Å². The van der Waals surface area contributed by atoms with Gasteiger partial charge in [-0.2, -0.15) is 0 Å². The maximum Gasteiger partial charge on any atom is 0.267 e. The van der Waals surface area contributed by atoms with Crippen molar-refractivity contribution in [3.63, 3.8) is 0 Å². The van der Waals surface area contributed by atoms with Crippen LogP contribution in [0.2, 0.25) is 0 Å². The molecule has 1 aromatic carbocycles. The first-order valence-corrected chi connectivity index (χ1v) is 12.1. The molecule has 0 amide bonds. The van der Waals surface area contributed by atoms with E-state index in [-0.39, 0.29) is 5.56 Å². The molecular formula is C23H23N3O3S2. The number of methoxy groups -OCH3 is 1. The van der Waals surface area contributed by atoms with Crippen molar-refractivity contribution in [2.45, 2.75) is 50.4 Å². The molecule has 160 valence electrons. The van der Waals surface area contributed by atoms with E-state index in [1.54, 1.807) is 34.8 Å². The van der Waals surface area contributed by atoms with Crippen LogP contribution in [-0.2, 0) is 18.6 Å². The van der Waals surface area contributed by atoms with Crippen molar-refractivity contribution in [1.29, 1.82) is 0 Å². The number of ether oxygens (including phenoxy) is 1. The van der Waals surface area contributed by atoms with Gasteiger partial charge in [0.05, 0.1) is 23.9 Å². The molecule has 0 aliphatic heterocycles. The summed E-state index contributed by atoms with van der Waals surface area (Å²) < 4.78 is 12.3. The highest BCUT2D eigenvalue weighted by molar-refractivity contribution is 7.98. The molecule has 4 aromatic rings. The van der Waals surface area contributed by atoms with E-state index in [1.165, 1.54) is 16.9 Å². The molecule has 1 aliphatic rings. The fourth-order valence-corrected chi connectivity index (χ4v) is 6.56. The highest BCUT2D eigenvalue weighted by atomic mass is 32.2. The minimum Gasteiger partial charge on any atom is -0.497 e. The highest BCUT2D eigenvalue weighted by Gasteiger charge is 2.23. The van der Waals surface area contributed by atoms with Crippen LogP contribution >= 0.6 is 23.1 Å². The number of benzene rings is 1. The summed E-state index contributed by atoms with van der Waals surface area (Å²) in [5.74, 6) is 2.19. The molecule has 1 aliphatic carbocycles. The van der Waals surface area contributed by atoms with Crippen LogP contribution in [0.15, 0.2) is 38.7 Å². The van der Waals surface area contributed by atoms with Gasteiger partial charge in [0.25, 0.3) is 5.56 Å². The zero-order valence-corrected chi connectivity index (χ0v) is 19.4. The van der Waals surface area contributed by atoms with Crippen LogP contribution in [0.3, 0.4) is 0 Å². The SMILES string of the molecule is COc1ccc(-n2c(SCc3c(C)noc3C)nc3sc4c(c3c2=O)CCCC4)cc1. The van der Waals surface area contributed by atoms with E-state index in [1.807, 2.05) is 38.1 Å². The Hall–Kier alpha value is -2.58. The number of nitrogens with zero attached hydrogens (tertiary/aromatic N) is 3. The van der Waals surface area contributed by atoms with E-state index in [4.69, 9.17) is 14.2 Å². The number of hydrogen-bond donors (Lipinski definition) is 0. The minimum atomic E-state index is 0.0100. The number of thiophene rings is 1. The molecule has 0 saturated heterocycles. The molecular weight excluding hydrogens is 430 g/mol. The van der Waals surface area contributed by atoms with E-state index in [9.17, 15) is 4.79 Å². The molecule has 31 heavy (non-hydrogen) atoms. The zero-order chi connectivity index (χ0) is 21.5. The van der Waals surface area contributed by atoms with E-state index >= 15 is 0 Å². The summed E-state index contributed by atoms with van der Waals surface area (Å²) in [5, 5.41) is 5.52. The number of hydrogen-bond acceptors (Lipinski definition) is 7. The minimum absolute atomic E-state index is 0.0100. The topological polar surface area (TPSA) is 70.2 Å². The summed E-state index contributed by atoms with van der Waals surface area (Å²) in [7, 11) is 1.64. The lowest BCUT2D eigenvalue weighted by atomic mass is 9.97. The van der Waals surface area contributed by atoms with Crippen molar-refractivity contribution >= 4 is 33.3 Å². The molecule has 0 atom stereocenters. The third-order valence-corrected chi connectivity index (χ3v) is 7.97. The third kappa shape index (κ3) is 3.57. The Labute approximate surface area is 188 Å². The first kappa shape index (κ1) is 20.3. The number of thioether (sulfide) groups is 1. The van der Waals surface area contributed by atoms with Gasteiger partial charge in [0.15, 0.2) is 5.16 Å². The molecule has 6 nitrogen and oxygen atoms in total. The van der Waals surface area contributed by atoms with E-state index in [0.29, 0.717) is 10.9 Å². The van der Waals surface area contributed by atoms with Gasteiger partial charge in [0.2, 0.25) is 0 Å². The first-order valence-electron chi connectivity index (χ1n) is 10.3. The Kier molecular flexibility index (Phi) is 5.35. The summed E-state index contributed by atoms with van der Waals surface area (Å²) in [5.41, 5.74) is 3.92. The molecule has 0 saturated carbocycles. The van der Waals surface area contributed by atoms with Gasteiger partial charge in [-0.1, -0.05) is 16.9 Å². The van der Waals surface area contributed by atoms with Gasteiger partial charge in [-0.15, -0.1) is 11.3 Å². The van der Waals surface area contributed by atoms with Crippen molar-refractivity contribution in [2.24, 2.45) is 0 Å². The second-order valence-corrected chi connectivity index (χ2v) is 9.74. The Bertz CT molecular complexity index is 1300. The molecule has 0 N–H and O–H groups in total. The standard InChI is InChI=1S/C23H23N3O3S2/c1-13-18(14(2)29-25-13)12-30-23-24-21-20(17-6-4-5-7-19(17)31-21)22(27)26(23)15-8-10-16(28-3)11-9-15/h8-11H,4-7,12H2,1-3H3. The normalized spacial score (nSPS) is 13.5. The van der Waals surface area contributed by atoms with Crippen molar-refractivity contribution < 1.29 is 9.26 Å². The average molecular weight is 454 g/mol. The monoisotopic (exact) mass is 453 g/mol. The summed E-state index contributed by atoms with van der Waals surface area (Å²) in [6.07, 6.45) is 4.31. The van der Waals surface area contributed by atoms with Gasteiger partial charge < -0.3 is 9.26 Å².